The molecule has 0 aliphatic heterocycles. The van der Waals surface area contributed by atoms with Crippen molar-refractivity contribution in [1.29, 1.82) is 0 Å². The Morgan fingerprint density at radius 1 is 1.71 bits per heavy atom. The quantitative estimate of drug-likeness (QED) is 0.800. The van der Waals surface area contributed by atoms with Gasteiger partial charge in [-0.1, -0.05) is 22.9 Å². The maximum absolute atomic E-state index is 11.6. The maximum Gasteiger partial charge on any atom is 0.273 e. The van der Waals surface area contributed by atoms with Crippen molar-refractivity contribution in [3.8, 4) is 0 Å². The van der Waals surface area contributed by atoms with Crippen LogP contribution in [0.25, 0.3) is 0 Å². The molecule has 1 aromatic heterocycles. The number of nitrogens with one attached hydrogen (secondary N) is 2. The van der Waals surface area contributed by atoms with Gasteiger partial charge in [-0.15, -0.1) is 0 Å². The molecule has 1 rings (SSSR count). The highest BCUT2D eigenvalue weighted by atomic mass is 79.9. The van der Waals surface area contributed by atoms with E-state index in [2.05, 4.69) is 36.7 Å². The summed E-state index contributed by atoms with van der Waals surface area (Å²) in [4.78, 5) is 11.7. The molecule has 0 saturated carbocycles. The second kappa shape index (κ2) is 4.08. The number of H-pyrrole nitrogens is 1. The predicted molar refractivity (Wildman–Crippen MR) is 56.3 cm³/mol. The Balaban J connectivity index is 2.66. The lowest BCUT2D eigenvalue weighted by atomic mass is 10.0. The Morgan fingerprint density at radius 3 is 2.79 bits per heavy atom. The Kier molecular flexibility index (Phi) is 3.25. The van der Waals surface area contributed by atoms with Crippen LogP contribution in [0.5, 0.6) is 0 Å². The summed E-state index contributed by atoms with van der Waals surface area (Å²) in [6.45, 7) is 5.85. The SMILES string of the molecule is CC(Br)C(C)(C)NC(=O)c1cn[nH]n1. The summed E-state index contributed by atoms with van der Waals surface area (Å²) in [5, 5.41) is 12.5. The molecule has 6 heteroatoms. The molecule has 0 aliphatic rings. The van der Waals surface area contributed by atoms with Crippen molar-refractivity contribution in [2.24, 2.45) is 0 Å². The van der Waals surface area contributed by atoms with Crippen LogP contribution in [0, 0.1) is 0 Å². The number of aromatic amines is 1. The van der Waals surface area contributed by atoms with Crippen molar-refractivity contribution < 1.29 is 4.79 Å². The summed E-state index contributed by atoms with van der Waals surface area (Å²) in [5.41, 5.74) is -0.0259. The zero-order chi connectivity index (χ0) is 10.8. The van der Waals surface area contributed by atoms with Gasteiger partial charge in [-0.05, 0) is 13.8 Å². The number of aromatic nitrogens is 3. The molecule has 0 saturated heterocycles. The van der Waals surface area contributed by atoms with Crippen LogP contribution in [0.2, 0.25) is 0 Å². The molecule has 14 heavy (non-hydrogen) atoms. The van der Waals surface area contributed by atoms with Gasteiger partial charge < -0.3 is 5.32 Å². The topological polar surface area (TPSA) is 70.7 Å². The molecule has 0 aliphatic carbocycles. The number of nitrogens with zero attached hydrogens (tertiary/aromatic N) is 2. The van der Waals surface area contributed by atoms with E-state index in [4.69, 9.17) is 0 Å². The van der Waals surface area contributed by atoms with Crippen LogP contribution in [0.1, 0.15) is 31.3 Å². The number of hydrogen-bond acceptors (Lipinski definition) is 3. The van der Waals surface area contributed by atoms with Gasteiger partial charge in [0.05, 0.1) is 6.20 Å². The first-order chi connectivity index (χ1) is 6.43. The number of hydrogen-bond donors (Lipinski definition) is 2. The van der Waals surface area contributed by atoms with Gasteiger partial charge in [-0.2, -0.15) is 15.4 Å². The van der Waals surface area contributed by atoms with E-state index in [1.54, 1.807) is 0 Å². The monoisotopic (exact) mass is 260 g/mol. The van der Waals surface area contributed by atoms with Gasteiger partial charge in [0.1, 0.15) is 0 Å². The molecule has 1 amide bonds. The zero-order valence-electron chi connectivity index (χ0n) is 8.34. The number of amides is 1. The first-order valence-corrected chi connectivity index (χ1v) is 5.17. The van der Waals surface area contributed by atoms with Crippen LogP contribution in [0.4, 0.5) is 0 Å². The van der Waals surface area contributed by atoms with Gasteiger partial charge >= 0.3 is 0 Å². The molecule has 78 valence electrons. The van der Waals surface area contributed by atoms with Crippen molar-refractivity contribution >= 4 is 21.8 Å². The van der Waals surface area contributed by atoms with E-state index in [0.29, 0.717) is 5.69 Å². The first kappa shape index (κ1) is 11.2. The van der Waals surface area contributed by atoms with Gasteiger partial charge in [0.2, 0.25) is 0 Å². The Labute approximate surface area is 90.8 Å². The van der Waals surface area contributed by atoms with Crippen molar-refractivity contribution in [2.45, 2.75) is 31.1 Å². The summed E-state index contributed by atoms with van der Waals surface area (Å²) in [5.74, 6) is -0.227. The normalized spacial score (nSPS) is 13.7. The molecule has 0 radical (unpaired) electrons. The average molecular weight is 261 g/mol. The molecule has 1 unspecified atom stereocenters. The number of halogens is 1. The van der Waals surface area contributed by atoms with Crippen LogP contribution in [-0.4, -0.2) is 31.7 Å². The van der Waals surface area contributed by atoms with Crippen LogP contribution in [-0.2, 0) is 0 Å². The highest BCUT2D eigenvalue weighted by Gasteiger charge is 2.26. The molecule has 0 aromatic carbocycles. The minimum atomic E-state index is -0.323. The van der Waals surface area contributed by atoms with E-state index in [-0.39, 0.29) is 16.3 Å². The molecular weight excluding hydrogens is 248 g/mol. The minimum absolute atomic E-state index is 0.172. The van der Waals surface area contributed by atoms with Crippen LogP contribution >= 0.6 is 15.9 Å². The molecular formula is C8H13BrN4O. The largest absolute Gasteiger partial charge is 0.345 e. The fourth-order valence-electron chi connectivity index (χ4n) is 0.767. The van der Waals surface area contributed by atoms with E-state index in [1.165, 1.54) is 6.20 Å². The maximum atomic E-state index is 11.6. The number of alkyl halides is 1. The average Bonchev–Trinajstić information content (AvgIpc) is 2.54. The standard InChI is InChI=1S/C8H13BrN4O/c1-5(9)8(2,3)11-7(14)6-4-10-13-12-6/h4-5H,1-3H3,(H,11,14)(H,10,12,13). The smallest absolute Gasteiger partial charge is 0.273 e. The zero-order valence-corrected chi connectivity index (χ0v) is 9.92. The molecule has 2 N–H and O–H groups in total. The highest BCUT2D eigenvalue weighted by Crippen LogP contribution is 2.16. The summed E-state index contributed by atoms with van der Waals surface area (Å²) in [6.07, 6.45) is 1.39. The summed E-state index contributed by atoms with van der Waals surface area (Å²) >= 11 is 3.43. The highest BCUT2D eigenvalue weighted by molar-refractivity contribution is 9.09. The predicted octanol–water partition coefficient (Wildman–Crippen LogP) is 1.10. The van der Waals surface area contributed by atoms with E-state index in [9.17, 15) is 4.79 Å². The molecule has 0 fully saturated rings. The van der Waals surface area contributed by atoms with Crippen LogP contribution in [0.15, 0.2) is 6.20 Å². The van der Waals surface area contributed by atoms with Crippen LogP contribution < -0.4 is 5.32 Å². The second-order valence-corrected chi connectivity index (χ2v) is 5.02. The molecule has 0 spiro atoms. The first-order valence-electron chi connectivity index (χ1n) is 4.26. The lowest BCUT2D eigenvalue weighted by molar-refractivity contribution is 0.0908. The van der Waals surface area contributed by atoms with Crippen molar-refractivity contribution in [2.75, 3.05) is 0 Å². The third-order valence-corrected chi connectivity index (χ3v) is 3.22. The van der Waals surface area contributed by atoms with Crippen molar-refractivity contribution in [3.05, 3.63) is 11.9 Å². The van der Waals surface area contributed by atoms with E-state index in [1.807, 2.05) is 20.8 Å². The van der Waals surface area contributed by atoms with Crippen molar-refractivity contribution in [3.63, 3.8) is 0 Å². The Bertz CT molecular complexity index is 307. The third-order valence-electron chi connectivity index (χ3n) is 2.08. The summed E-state index contributed by atoms with van der Waals surface area (Å²) in [6, 6.07) is 0. The van der Waals surface area contributed by atoms with Gasteiger partial charge in [-0.3, -0.25) is 4.79 Å². The minimum Gasteiger partial charge on any atom is -0.345 e. The van der Waals surface area contributed by atoms with Crippen molar-refractivity contribution in [1.82, 2.24) is 20.7 Å². The van der Waals surface area contributed by atoms with Gasteiger partial charge in [0, 0.05) is 10.4 Å². The molecule has 1 atom stereocenters. The molecule has 1 heterocycles. The van der Waals surface area contributed by atoms with E-state index < -0.39 is 0 Å². The van der Waals surface area contributed by atoms with E-state index in [0.717, 1.165) is 0 Å². The van der Waals surface area contributed by atoms with E-state index >= 15 is 0 Å². The van der Waals surface area contributed by atoms with Crippen LogP contribution in [0.3, 0.4) is 0 Å². The lowest BCUT2D eigenvalue weighted by Gasteiger charge is -2.28. The molecule has 0 bridgehead atoms. The fraction of sp³-hybridized carbons (Fsp3) is 0.625. The Hall–Kier alpha value is -0.910. The second-order valence-electron chi connectivity index (χ2n) is 3.65. The fourth-order valence-corrected chi connectivity index (χ4v) is 0.882. The van der Waals surface area contributed by atoms with Gasteiger partial charge in [0.15, 0.2) is 5.69 Å². The summed E-state index contributed by atoms with van der Waals surface area (Å²) in [7, 11) is 0. The number of rotatable bonds is 3. The number of carbonyl (C=O) groups excluding carboxylic acids is 1. The Morgan fingerprint density at radius 2 is 2.36 bits per heavy atom. The number of carbonyl (C=O) groups is 1. The molecule has 5 nitrogen and oxygen atoms in total. The van der Waals surface area contributed by atoms with Gasteiger partial charge in [0.25, 0.3) is 5.91 Å². The third kappa shape index (κ3) is 2.54. The van der Waals surface area contributed by atoms with Gasteiger partial charge in [-0.25, -0.2) is 0 Å². The molecule has 1 aromatic rings. The summed E-state index contributed by atoms with van der Waals surface area (Å²) < 4.78 is 0. The lowest BCUT2D eigenvalue weighted by Crippen LogP contribution is -2.48.